The van der Waals surface area contributed by atoms with Gasteiger partial charge in [-0.1, -0.05) is 30.3 Å². The third kappa shape index (κ3) is 2.80. The van der Waals surface area contributed by atoms with Crippen molar-refractivity contribution >= 4 is 21.8 Å². The fourth-order valence-corrected chi connectivity index (χ4v) is 3.03. The van der Waals surface area contributed by atoms with Crippen LogP contribution in [0.15, 0.2) is 51.6 Å². The summed E-state index contributed by atoms with van der Waals surface area (Å²) in [6.07, 6.45) is 2.02. The Kier molecular flexibility index (Phi) is 3.92. The van der Waals surface area contributed by atoms with Crippen molar-refractivity contribution in [3.63, 3.8) is 0 Å². The molecule has 0 aliphatic carbocycles. The van der Waals surface area contributed by atoms with Gasteiger partial charge < -0.3 is 9.32 Å². The van der Waals surface area contributed by atoms with Gasteiger partial charge in [-0.25, -0.2) is 0 Å². The molecule has 1 amide bonds. The van der Waals surface area contributed by atoms with Crippen molar-refractivity contribution in [2.75, 3.05) is 13.1 Å². The molecule has 0 radical (unpaired) electrons. The third-order valence-corrected chi connectivity index (χ3v) is 4.26. The number of halogens is 1. The number of carbonyl (C=O) groups excluding carboxylic acids is 1. The maximum atomic E-state index is 12.3. The molecule has 0 atom stereocenters. The SMILES string of the molecule is O=C(c1ccc(Br)o1)N1CCC(c2ccccc2)CC1. The molecule has 3 nitrogen and oxygen atoms in total. The lowest BCUT2D eigenvalue weighted by atomic mass is 9.89. The first-order chi connectivity index (χ1) is 9.74. The Hall–Kier alpha value is -1.55. The van der Waals surface area contributed by atoms with Crippen molar-refractivity contribution in [1.82, 2.24) is 4.90 Å². The fourth-order valence-electron chi connectivity index (χ4n) is 2.73. The molecule has 1 aromatic carbocycles. The van der Waals surface area contributed by atoms with Crippen molar-refractivity contribution in [2.45, 2.75) is 18.8 Å². The van der Waals surface area contributed by atoms with Crippen LogP contribution in [0.25, 0.3) is 0 Å². The van der Waals surface area contributed by atoms with Gasteiger partial charge in [0.2, 0.25) is 0 Å². The average Bonchev–Trinajstić information content (AvgIpc) is 2.94. The number of furan rings is 1. The van der Waals surface area contributed by atoms with E-state index >= 15 is 0 Å². The molecule has 1 aliphatic heterocycles. The number of rotatable bonds is 2. The second-order valence-electron chi connectivity index (χ2n) is 5.08. The molecule has 0 spiro atoms. The molecule has 2 aromatic rings. The molecule has 4 heteroatoms. The van der Waals surface area contributed by atoms with Crippen LogP contribution in [0.1, 0.15) is 34.9 Å². The predicted molar refractivity (Wildman–Crippen MR) is 80.7 cm³/mol. The summed E-state index contributed by atoms with van der Waals surface area (Å²) in [5, 5.41) is 0. The normalized spacial score (nSPS) is 16.4. The quantitative estimate of drug-likeness (QED) is 0.830. The van der Waals surface area contributed by atoms with E-state index in [4.69, 9.17) is 4.42 Å². The van der Waals surface area contributed by atoms with Crippen LogP contribution in [0.4, 0.5) is 0 Å². The number of piperidine rings is 1. The van der Waals surface area contributed by atoms with Crippen LogP contribution in [0.3, 0.4) is 0 Å². The summed E-state index contributed by atoms with van der Waals surface area (Å²) in [7, 11) is 0. The molecule has 0 saturated carbocycles. The highest BCUT2D eigenvalue weighted by molar-refractivity contribution is 9.10. The smallest absolute Gasteiger partial charge is 0.289 e. The van der Waals surface area contributed by atoms with Crippen LogP contribution in [0, 0.1) is 0 Å². The van der Waals surface area contributed by atoms with E-state index in [9.17, 15) is 4.79 Å². The van der Waals surface area contributed by atoms with Crippen LogP contribution in [0.2, 0.25) is 0 Å². The van der Waals surface area contributed by atoms with Crippen molar-refractivity contribution in [1.29, 1.82) is 0 Å². The second kappa shape index (κ2) is 5.83. The van der Waals surface area contributed by atoms with Gasteiger partial charge in [0.15, 0.2) is 10.4 Å². The van der Waals surface area contributed by atoms with Gasteiger partial charge in [-0.05, 0) is 52.4 Å². The van der Waals surface area contributed by atoms with E-state index in [1.54, 1.807) is 12.1 Å². The van der Waals surface area contributed by atoms with E-state index in [-0.39, 0.29) is 5.91 Å². The molecule has 1 aromatic heterocycles. The summed E-state index contributed by atoms with van der Waals surface area (Å²) in [5.74, 6) is 0.959. The second-order valence-corrected chi connectivity index (χ2v) is 5.86. The Morgan fingerprint density at radius 3 is 2.40 bits per heavy atom. The Balaban J connectivity index is 1.63. The molecule has 104 valence electrons. The summed E-state index contributed by atoms with van der Waals surface area (Å²) in [6.45, 7) is 1.58. The van der Waals surface area contributed by atoms with Gasteiger partial charge >= 0.3 is 0 Å². The van der Waals surface area contributed by atoms with Gasteiger partial charge in [-0.15, -0.1) is 0 Å². The lowest BCUT2D eigenvalue weighted by Gasteiger charge is -2.31. The lowest BCUT2D eigenvalue weighted by Crippen LogP contribution is -2.37. The number of amides is 1. The zero-order valence-corrected chi connectivity index (χ0v) is 12.7. The molecular weight excluding hydrogens is 318 g/mol. The molecule has 1 saturated heterocycles. The largest absolute Gasteiger partial charge is 0.444 e. The number of carbonyl (C=O) groups is 1. The van der Waals surface area contributed by atoms with Gasteiger partial charge in [-0.2, -0.15) is 0 Å². The Morgan fingerprint density at radius 1 is 1.10 bits per heavy atom. The summed E-state index contributed by atoms with van der Waals surface area (Å²) in [4.78, 5) is 14.1. The van der Waals surface area contributed by atoms with Crippen molar-refractivity contribution < 1.29 is 9.21 Å². The fraction of sp³-hybridized carbons (Fsp3) is 0.312. The molecular formula is C16H16BrNO2. The molecule has 3 rings (SSSR count). The Labute approximate surface area is 126 Å². The van der Waals surface area contributed by atoms with E-state index < -0.39 is 0 Å². The molecule has 1 fully saturated rings. The van der Waals surface area contributed by atoms with Gasteiger partial charge in [0.25, 0.3) is 5.91 Å². The van der Waals surface area contributed by atoms with E-state index in [0.29, 0.717) is 16.3 Å². The molecule has 20 heavy (non-hydrogen) atoms. The van der Waals surface area contributed by atoms with Crippen LogP contribution in [-0.4, -0.2) is 23.9 Å². The summed E-state index contributed by atoms with van der Waals surface area (Å²) in [6, 6.07) is 14.0. The minimum Gasteiger partial charge on any atom is -0.444 e. The average molecular weight is 334 g/mol. The monoisotopic (exact) mass is 333 g/mol. The van der Waals surface area contributed by atoms with Crippen molar-refractivity contribution in [3.05, 3.63) is 58.5 Å². The zero-order valence-electron chi connectivity index (χ0n) is 11.1. The molecule has 0 bridgehead atoms. The summed E-state index contributed by atoms with van der Waals surface area (Å²) >= 11 is 3.23. The van der Waals surface area contributed by atoms with Crippen LogP contribution in [0.5, 0.6) is 0 Å². The van der Waals surface area contributed by atoms with E-state index in [0.717, 1.165) is 25.9 Å². The first kappa shape index (κ1) is 13.4. The number of nitrogens with zero attached hydrogens (tertiary/aromatic N) is 1. The molecule has 0 unspecified atom stereocenters. The van der Waals surface area contributed by atoms with Gasteiger partial charge in [0.1, 0.15) is 0 Å². The highest BCUT2D eigenvalue weighted by Crippen LogP contribution is 2.28. The molecule has 0 N–H and O–H groups in total. The van der Waals surface area contributed by atoms with Crippen molar-refractivity contribution in [2.24, 2.45) is 0 Å². The van der Waals surface area contributed by atoms with Gasteiger partial charge in [0.05, 0.1) is 0 Å². The zero-order chi connectivity index (χ0) is 13.9. The first-order valence-corrected chi connectivity index (χ1v) is 7.63. The highest BCUT2D eigenvalue weighted by Gasteiger charge is 2.25. The van der Waals surface area contributed by atoms with Crippen LogP contribution < -0.4 is 0 Å². The van der Waals surface area contributed by atoms with Gasteiger partial charge in [-0.3, -0.25) is 4.79 Å². The van der Waals surface area contributed by atoms with Crippen molar-refractivity contribution in [3.8, 4) is 0 Å². The Bertz CT molecular complexity index is 586. The number of likely N-dealkylation sites (tertiary alicyclic amines) is 1. The first-order valence-electron chi connectivity index (χ1n) is 6.83. The lowest BCUT2D eigenvalue weighted by molar-refractivity contribution is 0.0679. The maximum Gasteiger partial charge on any atom is 0.289 e. The Morgan fingerprint density at radius 2 is 1.80 bits per heavy atom. The minimum absolute atomic E-state index is 0.0118. The minimum atomic E-state index is -0.0118. The van der Waals surface area contributed by atoms with Crippen LogP contribution >= 0.6 is 15.9 Å². The third-order valence-electron chi connectivity index (χ3n) is 3.84. The highest BCUT2D eigenvalue weighted by atomic mass is 79.9. The number of hydrogen-bond donors (Lipinski definition) is 0. The van der Waals surface area contributed by atoms with Gasteiger partial charge in [0, 0.05) is 13.1 Å². The maximum absolute atomic E-state index is 12.3. The number of benzene rings is 1. The van der Waals surface area contributed by atoms with E-state index in [1.807, 2.05) is 11.0 Å². The molecule has 2 heterocycles. The standard InChI is InChI=1S/C16H16BrNO2/c17-15-7-6-14(20-15)16(19)18-10-8-13(9-11-18)12-4-2-1-3-5-12/h1-7,13H,8-11H2. The molecule has 1 aliphatic rings. The van der Waals surface area contributed by atoms with E-state index in [1.165, 1.54) is 5.56 Å². The topological polar surface area (TPSA) is 33.5 Å². The number of hydrogen-bond acceptors (Lipinski definition) is 2. The summed E-state index contributed by atoms with van der Waals surface area (Å²) in [5.41, 5.74) is 1.38. The van der Waals surface area contributed by atoms with E-state index in [2.05, 4.69) is 40.2 Å². The summed E-state index contributed by atoms with van der Waals surface area (Å²) < 4.78 is 5.93. The predicted octanol–water partition coefficient (Wildman–Crippen LogP) is 4.06. The van der Waals surface area contributed by atoms with Crippen LogP contribution in [-0.2, 0) is 0 Å².